The summed E-state index contributed by atoms with van der Waals surface area (Å²) in [6.45, 7) is 8.78. The number of methoxy groups -OCH3 is 1. The van der Waals surface area contributed by atoms with Gasteiger partial charge in [-0.05, 0) is 51.2 Å². The molecule has 172 valence electrons. The zero-order chi connectivity index (χ0) is 22.2. The lowest BCUT2D eigenvalue weighted by atomic mass is 10.2. The maximum Gasteiger partial charge on any atom is 0.225 e. The van der Waals surface area contributed by atoms with Gasteiger partial charge in [-0.15, -0.1) is 0 Å². The van der Waals surface area contributed by atoms with E-state index in [0.29, 0.717) is 6.54 Å². The van der Waals surface area contributed by atoms with Crippen molar-refractivity contribution in [3.05, 3.63) is 23.8 Å². The summed E-state index contributed by atoms with van der Waals surface area (Å²) in [6.07, 6.45) is 5.89. The summed E-state index contributed by atoms with van der Waals surface area (Å²) < 4.78 is 11.7. The van der Waals surface area contributed by atoms with Gasteiger partial charge in [0.1, 0.15) is 11.5 Å². The molecule has 2 fully saturated rings. The number of hydrogen-bond acceptors (Lipinski definition) is 4. The van der Waals surface area contributed by atoms with Crippen molar-refractivity contribution in [2.45, 2.75) is 71.6 Å². The fourth-order valence-corrected chi connectivity index (χ4v) is 4.21. The van der Waals surface area contributed by atoms with Crippen LogP contribution in [0.2, 0.25) is 0 Å². The van der Waals surface area contributed by atoms with Crippen LogP contribution in [0.3, 0.4) is 0 Å². The van der Waals surface area contributed by atoms with Gasteiger partial charge in [0.2, 0.25) is 5.91 Å². The third-order valence-electron chi connectivity index (χ3n) is 5.96. The highest BCUT2D eigenvalue weighted by Crippen LogP contribution is 2.30. The summed E-state index contributed by atoms with van der Waals surface area (Å²) in [7, 11) is 1.68. The quantitative estimate of drug-likeness (QED) is 0.489. The first-order valence-electron chi connectivity index (χ1n) is 11.7. The molecule has 1 aliphatic heterocycles. The molecule has 1 aromatic carbocycles. The number of aliphatic imine (C=N–C) groups is 1. The monoisotopic (exact) mass is 430 g/mol. The predicted octanol–water partition coefficient (Wildman–Crippen LogP) is 3.33. The minimum absolute atomic E-state index is 0.0361. The zero-order valence-corrected chi connectivity index (χ0v) is 19.4. The van der Waals surface area contributed by atoms with Crippen molar-refractivity contribution in [2.24, 2.45) is 10.9 Å². The molecule has 2 N–H and O–H groups in total. The molecule has 1 amide bonds. The number of amides is 1. The Morgan fingerprint density at radius 2 is 2.03 bits per heavy atom. The van der Waals surface area contributed by atoms with Crippen LogP contribution in [-0.4, -0.2) is 55.7 Å². The Hall–Kier alpha value is -2.44. The largest absolute Gasteiger partial charge is 0.497 e. The van der Waals surface area contributed by atoms with Gasteiger partial charge in [-0.2, -0.15) is 0 Å². The highest BCUT2D eigenvalue weighted by Gasteiger charge is 2.28. The number of carbonyl (C=O) groups is 1. The first-order valence-corrected chi connectivity index (χ1v) is 11.7. The molecule has 2 aliphatic rings. The SMILES string of the molecule is CCNC(=NCc1ccc(OC)cc1OC1CCCC1)NC1CCN(C(=O)C(C)C)C1. The maximum atomic E-state index is 12.3. The normalized spacial score (nSPS) is 19.7. The van der Waals surface area contributed by atoms with Gasteiger partial charge < -0.3 is 25.0 Å². The van der Waals surface area contributed by atoms with E-state index in [0.717, 1.165) is 61.9 Å². The molecule has 31 heavy (non-hydrogen) atoms. The number of rotatable bonds is 8. The standard InChI is InChI=1S/C24H38N4O3/c1-5-25-24(27-19-12-13-28(16-19)23(29)17(2)3)26-15-18-10-11-21(30-4)14-22(18)31-20-8-6-7-9-20/h10-11,14,17,19-20H,5-9,12-13,15-16H2,1-4H3,(H2,25,26,27). The summed E-state index contributed by atoms with van der Waals surface area (Å²) in [5.74, 6) is 2.69. The third-order valence-corrected chi connectivity index (χ3v) is 5.96. The molecule has 1 aromatic rings. The average molecular weight is 431 g/mol. The van der Waals surface area contributed by atoms with Crippen LogP contribution in [0.5, 0.6) is 11.5 Å². The molecule has 7 heteroatoms. The van der Waals surface area contributed by atoms with E-state index in [1.807, 2.05) is 36.9 Å². The number of nitrogens with zero attached hydrogens (tertiary/aromatic N) is 2. The molecule has 0 bridgehead atoms. The van der Waals surface area contributed by atoms with Crippen molar-refractivity contribution >= 4 is 11.9 Å². The summed E-state index contributed by atoms with van der Waals surface area (Å²) in [6, 6.07) is 6.18. The van der Waals surface area contributed by atoms with Gasteiger partial charge in [-0.1, -0.05) is 13.8 Å². The van der Waals surface area contributed by atoms with Crippen molar-refractivity contribution < 1.29 is 14.3 Å². The topological polar surface area (TPSA) is 75.2 Å². The van der Waals surface area contributed by atoms with Gasteiger partial charge >= 0.3 is 0 Å². The van der Waals surface area contributed by atoms with Crippen LogP contribution in [0.1, 0.15) is 58.4 Å². The molecule has 1 saturated heterocycles. The van der Waals surface area contributed by atoms with Crippen LogP contribution >= 0.6 is 0 Å². The lowest BCUT2D eigenvalue weighted by molar-refractivity contribution is -0.133. The van der Waals surface area contributed by atoms with Crippen molar-refractivity contribution in [3.8, 4) is 11.5 Å². The van der Waals surface area contributed by atoms with Gasteiger partial charge in [-0.25, -0.2) is 4.99 Å². The van der Waals surface area contributed by atoms with E-state index < -0.39 is 0 Å². The van der Waals surface area contributed by atoms with Gasteiger partial charge in [0.05, 0.1) is 19.8 Å². The number of guanidine groups is 1. The minimum atomic E-state index is 0.0361. The number of hydrogen-bond donors (Lipinski definition) is 2. The summed E-state index contributed by atoms with van der Waals surface area (Å²) in [5.41, 5.74) is 1.05. The molecule has 1 atom stereocenters. The van der Waals surface area contributed by atoms with Crippen LogP contribution in [0.25, 0.3) is 0 Å². The van der Waals surface area contributed by atoms with Crippen molar-refractivity contribution in [3.63, 3.8) is 0 Å². The predicted molar refractivity (Wildman–Crippen MR) is 124 cm³/mol. The fraction of sp³-hybridized carbons (Fsp3) is 0.667. The maximum absolute atomic E-state index is 12.3. The Morgan fingerprint density at radius 1 is 1.26 bits per heavy atom. The first kappa shape index (κ1) is 23.2. The molecule has 1 saturated carbocycles. The van der Waals surface area contributed by atoms with Crippen LogP contribution in [-0.2, 0) is 11.3 Å². The number of benzene rings is 1. The van der Waals surface area contributed by atoms with E-state index in [4.69, 9.17) is 14.5 Å². The van der Waals surface area contributed by atoms with Gasteiger partial charge in [0.25, 0.3) is 0 Å². The number of nitrogens with one attached hydrogen (secondary N) is 2. The minimum Gasteiger partial charge on any atom is -0.497 e. The Balaban J connectivity index is 1.66. The number of ether oxygens (including phenoxy) is 2. The molecule has 3 rings (SSSR count). The summed E-state index contributed by atoms with van der Waals surface area (Å²) in [4.78, 5) is 19.0. The second-order valence-corrected chi connectivity index (χ2v) is 8.76. The van der Waals surface area contributed by atoms with Crippen molar-refractivity contribution in [2.75, 3.05) is 26.7 Å². The van der Waals surface area contributed by atoms with Crippen molar-refractivity contribution in [1.82, 2.24) is 15.5 Å². The number of likely N-dealkylation sites (tertiary alicyclic amines) is 1. The number of carbonyl (C=O) groups excluding carboxylic acids is 1. The average Bonchev–Trinajstić information content (AvgIpc) is 3.44. The van der Waals surface area contributed by atoms with Crippen LogP contribution < -0.4 is 20.1 Å². The molecular formula is C24H38N4O3. The van der Waals surface area contributed by atoms with E-state index in [9.17, 15) is 4.79 Å². The molecule has 0 radical (unpaired) electrons. The molecule has 1 unspecified atom stereocenters. The Morgan fingerprint density at radius 3 is 2.71 bits per heavy atom. The van der Waals surface area contributed by atoms with Crippen molar-refractivity contribution in [1.29, 1.82) is 0 Å². The molecule has 1 aliphatic carbocycles. The van der Waals surface area contributed by atoms with Gasteiger partial charge in [0, 0.05) is 43.2 Å². The molecule has 1 heterocycles. The van der Waals surface area contributed by atoms with E-state index in [1.54, 1.807) is 7.11 Å². The molecule has 0 aromatic heterocycles. The van der Waals surface area contributed by atoms with Crippen LogP contribution in [0.4, 0.5) is 0 Å². The third kappa shape index (κ3) is 6.52. The Labute approximate surface area is 186 Å². The Bertz CT molecular complexity index is 759. The van der Waals surface area contributed by atoms with Gasteiger partial charge in [-0.3, -0.25) is 4.79 Å². The molecule has 7 nitrogen and oxygen atoms in total. The van der Waals surface area contributed by atoms with E-state index in [1.165, 1.54) is 12.8 Å². The van der Waals surface area contributed by atoms with Crippen LogP contribution in [0, 0.1) is 5.92 Å². The summed E-state index contributed by atoms with van der Waals surface area (Å²) >= 11 is 0. The van der Waals surface area contributed by atoms with E-state index >= 15 is 0 Å². The summed E-state index contributed by atoms with van der Waals surface area (Å²) in [5, 5.41) is 6.84. The zero-order valence-electron chi connectivity index (χ0n) is 19.4. The molecular weight excluding hydrogens is 392 g/mol. The highest BCUT2D eigenvalue weighted by atomic mass is 16.5. The fourth-order valence-electron chi connectivity index (χ4n) is 4.21. The lowest BCUT2D eigenvalue weighted by Gasteiger charge is -2.20. The molecule has 0 spiro atoms. The van der Waals surface area contributed by atoms with E-state index in [2.05, 4.69) is 17.6 Å². The smallest absolute Gasteiger partial charge is 0.225 e. The second kappa shape index (κ2) is 11.3. The van der Waals surface area contributed by atoms with Gasteiger partial charge in [0.15, 0.2) is 5.96 Å². The Kier molecular flexibility index (Phi) is 8.43. The lowest BCUT2D eigenvalue weighted by Crippen LogP contribution is -2.45. The van der Waals surface area contributed by atoms with Crippen LogP contribution in [0.15, 0.2) is 23.2 Å². The second-order valence-electron chi connectivity index (χ2n) is 8.76. The first-order chi connectivity index (χ1) is 15.0. The van der Waals surface area contributed by atoms with E-state index in [-0.39, 0.29) is 24.0 Å². The highest BCUT2D eigenvalue weighted by molar-refractivity contribution is 5.81.